The average Bonchev–Trinajstić information content (AvgIpc) is 3.66. The van der Waals surface area contributed by atoms with Crippen LogP contribution in [-0.4, -0.2) is 0 Å². The van der Waals surface area contributed by atoms with Gasteiger partial charge in [0.1, 0.15) is 0 Å². The first-order valence-electron chi connectivity index (χ1n) is 17.5. The molecule has 0 aromatic heterocycles. The Kier molecular flexibility index (Phi) is 11.4. The van der Waals surface area contributed by atoms with E-state index in [0.717, 1.165) is 6.42 Å². The summed E-state index contributed by atoms with van der Waals surface area (Å²) in [5, 5.41) is 5.48. The largest absolute Gasteiger partial charge is 0.0991 e. The van der Waals surface area contributed by atoms with E-state index in [4.69, 9.17) is 0 Å². The van der Waals surface area contributed by atoms with E-state index in [1.807, 2.05) is 58.9 Å². The molecule has 0 bridgehead atoms. The summed E-state index contributed by atoms with van der Waals surface area (Å²) in [5.74, 6) is 0.189. The lowest BCUT2D eigenvalue weighted by molar-refractivity contribution is 1.01. The van der Waals surface area contributed by atoms with E-state index in [2.05, 4.69) is 135 Å². The van der Waals surface area contributed by atoms with Gasteiger partial charge in [0.15, 0.2) is 0 Å². The van der Waals surface area contributed by atoms with Gasteiger partial charge in [-0.25, -0.2) is 0 Å². The second-order valence-corrected chi connectivity index (χ2v) is 11.7. The molecule has 8 rings (SSSR count). The van der Waals surface area contributed by atoms with Gasteiger partial charge in [0.05, 0.1) is 0 Å². The Morgan fingerprint density at radius 2 is 1.17 bits per heavy atom. The molecule has 0 saturated carbocycles. The standard InChI is InChI=1S/C37H26.C7H10.2C2H6/c1-23-19-34-30-17-7-13-26-14-8-18-31(37(26)30)35(34)22-32(23)33(24-9-3-2-4-10-24)21-28-20-27-15-5-11-25-12-6-16-29(28)36(25)27;1-3-5-7-6-4-2;2*1-2/h2-19,21-22,33H,20H2,1H3;3-7H,1H2,2H3;2*1-2H3/b;6-4-,7-5-;;. The highest BCUT2D eigenvalue weighted by molar-refractivity contribution is 6.15. The lowest BCUT2D eigenvalue weighted by atomic mass is 9.83. The maximum atomic E-state index is 3.51. The van der Waals surface area contributed by atoms with E-state index < -0.39 is 0 Å². The molecule has 240 valence electrons. The number of benzene rings is 6. The molecule has 2 aliphatic carbocycles. The first kappa shape index (κ1) is 34.1. The van der Waals surface area contributed by atoms with Crippen molar-refractivity contribution in [1.29, 1.82) is 0 Å². The van der Waals surface area contributed by atoms with E-state index in [1.165, 1.54) is 77.2 Å². The van der Waals surface area contributed by atoms with Crippen molar-refractivity contribution in [1.82, 2.24) is 0 Å². The Hall–Kier alpha value is -5.20. The van der Waals surface area contributed by atoms with Crippen LogP contribution in [0.25, 0.3) is 49.4 Å². The first-order chi connectivity index (χ1) is 23.7. The Labute approximate surface area is 288 Å². The summed E-state index contributed by atoms with van der Waals surface area (Å²) in [6.07, 6.45) is 13.0. The van der Waals surface area contributed by atoms with Crippen LogP contribution >= 0.6 is 0 Å². The van der Waals surface area contributed by atoms with E-state index in [9.17, 15) is 0 Å². The van der Waals surface area contributed by atoms with Crippen molar-refractivity contribution in [3.8, 4) is 22.3 Å². The van der Waals surface area contributed by atoms with E-state index in [0.29, 0.717) is 0 Å². The molecule has 0 nitrogen and oxygen atoms in total. The van der Waals surface area contributed by atoms with Crippen LogP contribution in [0.4, 0.5) is 0 Å². The van der Waals surface area contributed by atoms with Crippen molar-refractivity contribution in [3.05, 3.63) is 186 Å². The van der Waals surface area contributed by atoms with Gasteiger partial charge in [-0.05, 0) is 104 Å². The molecule has 1 unspecified atom stereocenters. The third-order valence-electron chi connectivity index (χ3n) is 9.02. The van der Waals surface area contributed by atoms with Gasteiger partial charge in [-0.3, -0.25) is 0 Å². The van der Waals surface area contributed by atoms with Crippen LogP contribution in [0.3, 0.4) is 0 Å². The van der Waals surface area contributed by atoms with Gasteiger partial charge in [0.2, 0.25) is 0 Å². The molecule has 0 saturated heterocycles. The van der Waals surface area contributed by atoms with Crippen LogP contribution < -0.4 is 0 Å². The number of hydrogen-bond acceptors (Lipinski definition) is 0. The maximum absolute atomic E-state index is 3.51. The highest BCUT2D eigenvalue weighted by atomic mass is 14.3. The predicted octanol–water partition coefficient (Wildman–Crippen LogP) is 14.1. The van der Waals surface area contributed by atoms with Crippen molar-refractivity contribution < 1.29 is 0 Å². The molecule has 0 heteroatoms. The van der Waals surface area contributed by atoms with Gasteiger partial charge in [-0.2, -0.15) is 0 Å². The van der Waals surface area contributed by atoms with Gasteiger partial charge >= 0.3 is 0 Å². The van der Waals surface area contributed by atoms with Gasteiger partial charge in [-0.1, -0.05) is 180 Å². The van der Waals surface area contributed by atoms with Crippen LogP contribution in [0, 0.1) is 6.92 Å². The summed E-state index contributed by atoms with van der Waals surface area (Å²) in [7, 11) is 0. The second-order valence-electron chi connectivity index (χ2n) is 11.7. The summed E-state index contributed by atoms with van der Waals surface area (Å²) in [6.45, 7) is 15.8. The second kappa shape index (κ2) is 16.1. The number of rotatable bonds is 5. The summed E-state index contributed by atoms with van der Waals surface area (Å²) >= 11 is 0. The van der Waals surface area contributed by atoms with Crippen LogP contribution in [0.2, 0.25) is 0 Å². The zero-order valence-corrected chi connectivity index (χ0v) is 29.4. The topological polar surface area (TPSA) is 0 Å². The molecule has 1 atom stereocenters. The minimum atomic E-state index is 0.189. The van der Waals surface area contributed by atoms with Crippen molar-refractivity contribution in [2.45, 2.75) is 53.9 Å². The van der Waals surface area contributed by atoms with Crippen LogP contribution in [0.1, 0.15) is 68.4 Å². The Morgan fingerprint density at radius 1 is 0.583 bits per heavy atom. The lowest BCUT2D eigenvalue weighted by Crippen LogP contribution is -2.03. The summed E-state index contributed by atoms with van der Waals surface area (Å²) in [4.78, 5) is 0. The highest BCUT2D eigenvalue weighted by Crippen LogP contribution is 2.49. The molecule has 0 aliphatic heterocycles. The molecular weight excluding hydrogens is 577 g/mol. The first-order valence-corrected chi connectivity index (χ1v) is 17.5. The quantitative estimate of drug-likeness (QED) is 0.167. The molecule has 0 amide bonds. The normalized spacial score (nSPS) is 13.4. The zero-order valence-electron chi connectivity index (χ0n) is 29.4. The molecule has 0 spiro atoms. The summed E-state index contributed by atoms with van der Waals surface area (Å²) in [6, 6.07) is 42.8. The Bertz CT molecular complexity index is 2110. The fourth-order valence-corrected chi connectivity index (χ4v) is 7.06. The molecule has 0 N–H and O–H groups in total. The monoisotopic (exact) mass is 624 g/mol. The third kappa shape index (κ3) is 6.62. The average molecular weight is 625 g/mol. The number of aryl methyl sites for hydroxylation is 1. The fraction of sp³-hybridized carbons (Fsp3) is 0.167. The number of hydrogen-bond donors (Lipinski definition) is 0. The van der Waals surface area contributed by atoms with Crippen molar-refractivity contribution in [2.75, 3.05) is 0 Å². The van der Waals surface area contributed by atoms with E-state index in [-0.39, 0.29) is 5.92 Å². The Morgan fingerprint density at radius 3 is 1.79 bits per heavy atom. The predicted molar refractivity (Wildman–Crippen MR) is 214 cm³/mol. The molecule has 48 heavy (non-hydrogen) atoms. The smallest absolute Gasteiger partial charge is 0.0278 e. The van der Waals surface area contributed by atoms with Gasteiger partial charge in [0, 0.05) is 5.92 Å². The minimum Gasteiger partial charge on any atom is -0.0991 e. The fourth-order valence-electron chi connectivity index (χ4n) is 7.06. The molecule has 6 aromatic carbocycles. The van der Waals surface area contributed by atoms with Gasteiger partial charge in [-0.15, -0.1) is 0 Å². The SMILES string of the molecule is C=C/C=C\C=C/C.CC.CC.Cc1cc2c(cc1C(C=C1Cc3cccc4cccc1c34)c1ccccc1)-c1cccc3cccc-2c13. The highest BCUT2D eigenvalue weighted by Gasteiger charge is 2.26. The Balaban J connectivity index is 0.000000363. The molecule has 0 heterocycles. The van der Waals surface area contributed by atoms with Gasteiger partial charge < -0.3 is 0 Å². The van der Waals surface area contributed by atoms with Crippen LogP contribution in [0.15, 0.2) is 158 Å². The van der Waals surface area contributed by atoms with Gasteiger partial charge in [0.25, 0.3) is 0 Å². The zero-order chi connectivity index (χ0) is 34.0. The minimum absolute atomic E-state index is 0.189. The van der Waals surface area contributed by atoms with Crippen molar-refractivity contribution in [2.24, 2.45) is 0 Å². The molecular formula is C48H48. The number of fused-ring (bicyclic) bond motifs is 3. The molecule has 2 aliphatic rings. The maximum Gasteiger partial charge on any atom is 0.0278 e. The third-order valence-corrected chi connectivity index (χ3v) is 9.02. The summed E-state index contributed by atoms with van der Waals surface area (Å²) < 4.78 is 0. The summed E-state index contributed by atoms with van der Waals surface area (Å²) in [5.41, 5.74) is 13.8. The van der Waals surface area contributed by atoms with Crippen molar-refractivity contribution >= 4 is 27.1 Å². The van der Waals surface area contributed by atoms with Crippen LogP contribution in [0.5, 0.6) is 0 Å². The molecule has 0 fully saturated rings. The lowest BCUT2D eigenvalue weighted by Gasteiger charge is -2.20. The molecule has 6 aromatic rings. The van der Waals surface area contributed by atoms with Crippen LogP contribution in [-0.2, 0) is 6.42 Å². The van der Waals surface area contributed by atoms with E-state index in [1.54, 1.807) is 6.08 Å². The number of allylic oxidation sites excluding steroid dienone is 7. The van der Waals surface area contributed by atoms with Crippen molar-refractivity contribution in [3.63, 3.8) is 0 Å². The van der Waals surface area contributed by atoms with E-state index >= 15 is 0 Å². The molecule has 0 radical (unpaired) electrons.